The van der Waals surface area contributed by atoms with E-state index in [1.165, 1.54) is 13.2 Å². The van der Waals surface area contributed by atoms with Crippen molar-refractivity contribution >= 4 is 5.97 Å². The van der Waals surface area contributed by atoms with Gasteiger partial charge in [-0.2, -0.15) is 5.26 Å². The molecule has 0 radical (unpaired) electrons. The van der Waals surface area contributed by atoms with Gasteiger partial charge in [0.2, 0.25) is 0 Å². The molecule has 1 aromatic heterocycles. The maximum atomic E-state index is 10.8. The van der Waals surface area contributed by atoms with Gasteiger partial charge in [-0.1, -0.05) is 0 Å². The Morgan fingerprint density at radius 2 is 2.53 bits per heavy atom. The molecule has 1 aromatic rings. The molecule has 1 atom stereocenters. The lowest BCUT2D eigenvalue weighted by Gasteiger charge is -2.13. The predicted octanol–water partition coefficient (Wildman–Crippen LogP) is 1.11. The van der Waals surface area contributed by atoms with E-state index in [4.69, 9.17) is 15.1 Å². The van der Waals surface area contributed by atoms with E-state index in [2.05, 4.69) is 0 Å². The van der Waals surface area contributed by atoms with Crippen molar-refractivity contribution in [2.45, 2.75) is 19.1 Å². The van der Waals surface area contributed by atoms with Crippen LogP contribution in [0.15, 0.2) is 18.3 Å². The summed E-state index contributed by atoms with van der Waals surface area (Å²) in [6.07, 6.45) is 1.63. The molecule has 0 aromatic carbocycles. The lowest BCUT2D eigenvalue weighted by atomic mass is 10.2. The van der Waals surface area contributed by atoms with Crippen LogP contribution < -0.4 is 0 Å². The zero-order chi connectivity index (χ0) is 11.3. The van der Waals surface area contributed by atoms with Gasteiger partial charge in [0.25, 0.3) is 0 Å². The summed E-state index contributed by atoms with van der Waals surface area (Å²) in [5, 5.41) is 17.4. The highest BCUT2D eigenvalue weighted by molar-refractivity contribution is 5.85. The Morgan fingerprint density at radius 1 is 1.80 bits per heavy atom. The van der Waals surface area contributed by atoms with Crippen LogP contribution in [0.25, 0.3) is 0 Å². The molecular formula is C10H12N2O3. The summed E-state index contributed by atoms with van der Waals surface area (Å²) in [6, 6.07) is 5.16. The Bertz CT molecular complexity index is 378. The highest BCUT2D eigenvalue weighted by atomic mass is 16.5. The molecule has 1 heterocycles. The number of nitriles is 1. The number of hydrogen-bond donors (Lipinski definition) is 1. The molecule has 1 N–H and O–H groups in total. The fourth-order valence-electron chi connectivity index (χ4n) is 1.31. The van der Waals surface area contributed by atoms with E-state index in [0.717, 1.165) is 0 Å². The molecule has 0 amide bonds. The van der Waals surface area contributed by atoms with E-state index in [1.807, 2.05) is 6.07 Å². The Morgan fingerprint density at radius 3 is 3.07 bits per heavy atom. The first-order chi connectivity index (χ1) is 7.19. The van der Waals surface area contributed by atoms with Crippen molar-refractivity contribution in [1.29, 1.82) is 5.26 Å². The van der Waals surface area contributed by atoms with Crippen LogP contribution in [0.4, 0.5) is 0 Å². The summed E-state index contributed by atoms with van der Waals surface area (Å²) in [6.45, 7) is 0.374. The van der Waals surface area contributed by atoms with E-state index < -0.39 is 5.97 Å². The maximum Gasteiger partial charge on any atom is 0.352 e. The van der Waals surface area contributed by atoms with Crippen molar-refractivity contribution in [1.82, 2.24) is 4.57 Å². The number of hydrogen-bond acceptors (Lipinski definition) is 3. The first-order valence-corrected chi connectivity index (χ1v) is 4.47. The van der Waals surface area contributed by atoms with Crippen molar-refractivity contribution in [3.05, 3.63) is 24.0 Å². The Balaban J connectivity index is 2.75. The van der Waals surface area contributed by atoms with Crippen molar-refractivity contribution in [3.63, 3.8) is 0 Å². The van der Waals surface area contributed by atoms with Crippen LogP contribution in [0.2, 0.25) is 0 Å². The lowest BCUT2D eigenvalue weighted by Crippen LogP contribution is -2.20. The molecule has 0 bridgehead atoms. The van der Waals surface area contributed by atoms with Crippen LogP contribution in [0, 0.1) is 11.3 Å². The van der Waals surface area contributed by atoms with Gasteiger partial charge < -0.3 is 14.4 Å². The van der Waals surface area contributed by atoms with E-state index in [1.54, 1.807) is 16.8 Å². The van der Waals surface area contributed by atoms with Gasteiger partial charge in [0.05, 0.1) is 25.1 Å². The molecule has 0 spiro atoms. The molecule has 1 rings (SSSR count). The number of aromatic carboxylic acids is 1. The number of carboxylic acid groups (broad SMARTS) is 1. The molecule has 0 fully saturated rings. The molecule has 5 nitrogen and oxygen atoms in total. The minimum Gasteiger partial charge on any atom is -0.477 e. The Labute approximate surface area is 87.5 Å². The third-order valence-corrected chi connectivity index (χ3v) is 2.10. The van der Waals surface area contributed by atoms with E-state index in [-0.39, 0.29) is 18.2 Å². The van der Waals surface area contributed by atoms with E-state index >= 15 is 0 Å². The zero-order valence-electron chi connectivity index (χ0n) is 8.38. The predicted molar refractivity (Wildman–Crippen MR) is 52.4 cm³/mol. The van der Waals surface area contributed by atoms with Gasteiger partial charge in [-0.05, 0) is 12.1 Å². The van der Waals surface area contributed by atoms with Crippen molar-refractivity contribution in [2.24, 2.45) is 0 Å². The second kappa shape index (κ2) is 5.17. The van der Waals surface area contributed by atoms with Crippen LogP contribution >= 0.6 is 0 Å². The second-order valence-corrected chi connectivity index (χ2v) is 3.07. The standard InChI is InChI=1S/C10H12N2O3/c1-15-8(4-5-11)7-12-6-2-3-9(12)10(13)14/h2-3,6,8H,4,7H2,1H3,(H,13,14). The summed E-state index contributed by atoms with van der Waals surface area (Å²) in [5.74, 6) is -0.980. The second-order valence-electron chi connectivity index (χ2n) is 3.07. The lowest BCUT2D eigenvalue weighted by molar-refractivity contribution is 0.0666. The van der Waals surface area contributed by atoms with Crippen LogP contribution in [0.3, 0.4) is 0 Å². The molecule has 0 aliphatic carbocycles. The minimum absolute atomic E-state index is 0.204. The van der Waals surface area contributed by atoms with Crippen LogP contribution in [-0.2, 0) is 11.3 Å². The summed E-state index contributed by atoms with van der Waals surface area (Å²) in [7, 11) is 1.51. The largest absolute Gasteiger partial charge is 0.477 e. The quantitative estimate of drug-likeness (QED) is 0.786. The number of ether oxygens (including phenoxy) is 1. The SMILES string of the molecule is COC(CC#N)Cn1cccc1C(=O)O. The van der Waals surface area contributed by atoms with Crippen LogP contribution in [-0.4, -0.2) is 28.9 Å². The average molecular weight is 208 g/mol. The molecule has 1 unspecified atom stereocenters. The molecule has 0 saturated carbocycles. The van der Waals surface area contributed by atoms with E-state index in [9.17, 15) is 4.79 Å². The molecular weight excluding hydrogens is 196 g/mol. The molecule has 0 saturated heterocycles. The fraction of sp³-hybridized carbons (Fsp3) is 0.400. The fourth-order valence-corrected chi connectivity index (χ4v) is 1.31. The van der Waals surface area contributed by atoms with Gasteiger partial charge in [-0.3, -0.25) is 0 Å². The normalized spacial score (nSPS) is 12.0. The monoisotopic (exact) mass is 208 g/mol. The smallest absolute Gasteiger partial charge is 0.352 e. The van der Waals surface area contributed by atoms with Crippen LogP contribution in [0.1, 0.15) is 16.9 Å². The first kappa shape index (κ1) is 11.3. The Kier molecular flexibility index (Phi) is 3.89. The summed E-state index contributed by atoms with van der Waals surface area (Å²) < 4.78 is 6.63. The average Bonchev–Trinajstić information content (AvgIpc) is 2.65. The van der Waals surface area contributed by atoms with Gasteiger partial charge in [-0.15, -0.1) is 0 Å². The Hall–Kier alpha value is -1.80. The summed E-state index contributed by atoms with van der Waals surface area (Å²) >= 11 is 0. The highest BCUT2D eigenvalue weighted by Gasteiger charge is 2.13. The topological polar surface area (TPSA) is 75.2 Å². The number of carbonyl (C=O) groups is 1. The van der Waals surface area contributed by atoms with E-state index in [0.29, 0.717) is 6.54 Å². The summed E-state index contributed by atoms with van der Waals surface area (Å²) in [4.78, 5) is 10.8. The highest BCUT2D eigenvalue weighted by Crippen LogP contribution is 2.07. The molecule has 15 heavy (non-hydrogen) atoms. The maximum absolute atomic E-state index is 10.8. The zero-order valence-corrected chi connectivity index (χ0v) is 8.38. The van der Waals surface area contributed by atoms with Gasteiger partial charge >= 0.3 is 5.97 Å². The van der Waals surface area contributed by atoms with Crippen LogP contribution in [0.5, 0.6) is 0 Å². The van der Waals surface area contributed by atoms with Crippen molar-refractivity contribution < 1.29 is 14.6 Å². The van der Waals surface area contributed by atoms with Gasteiger partial charge in [-0.25, -0.2) is 4.79 Å². The summed E-state index contributed by atoms with van der Waals surface area (Å²) in [5.41, 5.74) is 0.204. The molecule has 5 heteroatoms. The van der Waals surface area contributed by atoms with Gasteiger partial charge in [0.1, 0.15) is 5.69 Å². The van der Waals surface area contributed by atoms with Gasteiger partial charge in [0, 0.05) is 13.3 Å². The number of rotatable bonds is 5. The molecule has 0 aliphatic heterocycles. The third-order valence-electron chi connectivity index (χ3n) is 2.10. The van der Waals surface area contributed by atoms with Gasteiger partial charge in [0.15, 0.2) is 0 Å². The number of nitrogens with zero attached hydrogens (tertiary/aromatic N) is 2. The number of carboxylic acids is 1. The first-order valence-electron chi connectivity index (χ1n) is 4.47. The minimum atomic E-state index is -0.980. The van der Waals surface area contributed by atoms with Crippen molar-refractivity contribution in [3.8, 4) is 6.07 Å². The van der Waals surface area contributed by atoms with Crippen molar-refractivity contribution in [2.75, 3.05) is 7.11 Å². The molecule has 80 valence electrons. The molecule has 0 aliphatic rings. The number of methoxy groups -OCH3 is 1. The third kappa shape index (κ3) is 2.82. The number of aromatic nitrogens is 1.